The van der Waals surface area contributed by atoms with Gasteiger partial charge in [0.15, 0.2) is 0 Å². The minimum atomic E-state index is -0.563. The minimum absolute atomic E-state index is 0.126. The number of rotatable bonds is 3. The van der Waals surface area contributed by atoms with Crippen LogP contribution in [0.5, 0.6) is 0 Å². The van der Waals surface area contributed by atoms with Gasteiger partial charge >= 0.3 is 5.97 Å². The van der Waals surface area contributed by atoms with Gasteiger partial charge in [-0.05, 0) is 12.8 Å². The van der Waals surface area contributed by atoms with Crippen LogP contribution >= 0.6 is 11.3 Å². The van der Waals surface area contributed by atoms with Crippen LogP contribution in [0.2, 0.25) is 0 Å². The zero-order valence-electron chi connectivity index (χ0n) is 12.0. The molecule has 1 aliphatic heterocycles. The van der Waals surface area contributed by atoms with Gasteiger partial charge in [0.05, 0.1) is 24.5 Å². The predicted octanol–water partition coefficient (Wildman–Crippen LogP) is 0.438. The Balaban J connectivity index is 2.47. The standard InChI is InChI=1S/C13H19N3O4S/c1-15-11(18)8-9(14)10(13(19)20-2)21-12(8)16-5-3-4-7(17)6-16/h7,17H,3-6,14H2,1-2H3,(H,15,18). The van der Waals surface area contributed by atoms with E-state index in [-0.39, 0.29) is 22.0 Å². The number of thiophene rings is 1. The van der Waals surface area contributed by atoms with Gasteiger partial charge in [-0.15, -0.1) is 11.3 Å². The number of carbonyl (C=O) groups is 2. The van der Waals surface area contributed by atoms with E-state index in [2.05, 4.69) is 5.32 Å². The van der Waals surface area contributed by atoms with Crippen molar-refractivity contribution in [3.8, 4) is 0 Å². The van der Waals surface area contributed by atoms with Crippen LogP contribution in [-0.4, -0.2) is 50.3 Å². The first-order valence-corrected chi connectivity index (χ1v) is 7.46. The Morgan fingerprint density at radius 3 is 2.81 bits per heavy atom. The first-order chi connectivity index (χ1) is 9.99. The molecule has 116 valence electrons. The summed E-state index contributed by atoms with van der Waals surface area (Å²) in [6.07, 6.45) is 1.11. The van der Waals surface area contributed by atoms with E-state index in [1.807, 2.05) is 4.90 Å². The number of amides is 1. The second-order valence-electron chi connectivity index (χ2n) is 4.84. The van der Waals surface area contributed by atoms with Gasteiger partial charge in [0.1, 0.15) is 9.88 Å². The summed E-state index contributed by atoms with van der Waals surface area (Å²) in [6, 6.07) is 0. The van der Waals surface area contributed by atoms with E-state index >= 15 is 0 Å². The molecule has 0 bridgehead atoms. The molecule has 21 heavy (non-hydrogen) atoms. The normalized spacial score (nSPS) is 18.4. The number of nitrogens with one attached hydrogen (secondary N) is 1. The second-order valence-corrected chi connectivity index (χ2v) is 5.84. The number of ether oxygens (including phenoxy) is 1. The number of piperidine rings is 1. The van der Waals surface area contributed by atoms with E-state index in [1.54, 1.807) is 0 Å². The van der Waals surface area contributed by atoms with Crippen molar-refractivity contribution in [2.45, 2.75) is 18.9 Å². The maximum absolute atomic E-state index is 12.1. The summed E-state index contributed by atoms with van der Waals surface area (Å²) in [5.41, 5.74) is 6.36. The number of esters is 1. The number of nitrogens with two attached hydrogens (primary N) is 1. The Hall–Kier alpha value is -1.80. The molecule has 1 unspecified atom stereocenters. The van der Waals surface area contributed by atoms with Gasteiger partial charge in [-0.25, -0.2) is 4.79 Å². The molecule has 1 aliphatic rings. The van der Waals surface area contributed by atoms with Crippen molar-refractivity contribution in [1.29, 1.82) is 0 Å². The molecule has 8 heteroatoms. The first-order valence-electron chi connectivity index (χ1n) is 6.65. The average molecular weight is 313 g/mol. The molecule has 2 heterocycles. The zero-order chi connectivity index (χ0) is 15.6. The second kappa shape index (κ2) is 6.31. The highest BCUT2D eigenvalue weighted by Gasteiger charge is 2.30. The fourth-order valence-electron chi connectivity index (χ4n) is 2.38. The van der Waals surface area contributed by atoms with E-state index in [4.69, 9.17) is 10.5 Å². The van der Waals surface area contributed by atoms with Gasteiger partial charge in [-0.3, -0.25) is 4.79 Å². The summed E-state index contributed by atoms with van der Waals surface area (Å²) >= 11 is 1.13. The van der Waals surface area contributed by atoms with Crippen molar-refractivity contribution in [3.63, 3.8) is 0 Å². The number of aliphatic hydroxyl groups is 1. The maximum Gasteiger partial charge on any atom is 0.350 e. The molecule has 0 aromatic carbocycles. The third-order valence-corrected chi connectivity index (χ3v) is 4.68. The molecule has 2 rings (SSSR count). The summed E-state index contributed by atoms with van der Waals surface area (Å²) in [7, 11) is 2.78. The summed E-state index contributed by atoms with van der Waals surface area (Å²) in [5.74, 6) is -0.916. The van der Waals surface area contributed by atoms with Crippen molar-refractivity contribution in [2.75, 3.05) is 37.9 Å². The topological polar surface area (TPSA) is 105 Å². The highest BCUT2D eigenvalue weighted by molar-refractivity contribution is 7.19. The number of hydrogen-bond donors (Lipinski definition) is 3. The maximum atomic E-state index is 12.1. The van der Waals surface area contributed by atoms with Crippen LogP contribution in [0.4, 0.5) is 10.7 Å². The molecule has 1 aromatic heterocycles. The van der Waals surface area contributed by atoms with Crippen molar-refractivity contribution < 1.29 is 19.4 Å². The average Bonchev–Trinajstić information content (AvgIpc) is 2.83. The van der Waals surface area contributed by atoms with Gasteiger partial charge in [-0.2, -0.15) is 0 Å². The van der Waals surface area contributed by atoms with E-state index in [0.29, 0.717) is 18.1 Å². The molecule has 1 fully saturated rings. The van der Waals surface area contributed by atoms with Crippen LogP contribution in [0.25, 0.3) is 0 Å². The number of aliphatic hydroxyl groups excluding tert-OH is 1. The molecule has 0 aliphatic carbocycles. The lowest BCUT2D eigenvalue weighted by Gasteiger charge is -2.31. The lowest BCUT2D eigenvalue weighted by atomic mass is 10.1. The highest BCUT2D eigenvalue weighted by Crippen LogP contribution is 2.39. The third-order valence-electron chi connectivity index (χ3n) is 3.44. The summed E-state index contributed by atoms with van der Waals surface area (Å²) in [4.78, 5) is 26.0. The molecule has 1 amide bonds. The van der Waals surface area contributed by atoms with Crippen LogP contribution < -0.4 is 16.0 Å². The zero-order valence-corrected chi connectivity index (χ0v) is 12.8. The molecule has 1 atom stereocenters. The van der Waals surface area contributed by atoms with E-state index in [0.717, 1.165) is 24.2 Å². The molecular weight excluding hydrogens is 294 g/mol. The molecular formula is C13H19N3O4S. The smallest absolute Gasteiger partial charge is 0.350 e. The van der Waals surface area contributed by atoms with Crippen molar-refractivity contribution in [2.24, 2.45) is 0 Å². The monoisotopic (exact) mass is 313 g/mol. The van der Waals surface area contributed by atoms with Crippen molar-refractivity contribution >= 4 is 33.9 Å². The van der Waals surface area contributed by atoms with Crippen LogP contribution in [0.3, 0.4) is 0 Å². The summed E-state index contributed by atoms with van der Waals surface area (Å²) in [6.45, 7) is 1.13. The lowest BCUT2D eigenvalue weighted by Crippen LogP contribution is -2.38. The van der Waals surface area contributed by atoms with Crippen LogP contribution in [0.15, 0.2) is 0 Å². The fourth-order valence-corrected chi connectivity index (χ4v) is 3.55. The lowest BCUT2D eigenvalue weighted by molar-refractivity contribution is 0.0607. The predicted molar refractivity (Wildman–Crippen MR) is 80.9 cm³/mol. The Kier molecular flexibility index (Phi) is 4.69. The molecule has 1 aromatic rings. The van der Waals surface area contributed by atoms with E-state index in [9.17, 15) is 14.7 Å². The number of methoxy groups -OCH3 is 1. The molecule has 0 saturated carbocycles. The van der Waals surface area contributed by atoms with Crippen molar-refractivity contribution in [3.05, 3.63) is 10.4 Å². The number of anilines is 2. The Morgan fingerprint density at radius 2 is 2.24 bits per heavy atom. The largest absolute Gasteiger partial charge is 0.465 e. The number of nitrogens with zero attached hydrogens (tertiary/aromatic N) is 1. The Morgan fingerprint density at radius 1 is 1.52 bits per heavy atom. The number of hydrogen-bond acceptors (Lipinski definition) is 7. The van der Waals surface area contributed by atoms with Gasteiger partial charge in [0, 0.05) is 20.1 Å². The van der Waals surface area contributed by atoms with Crippen molar-refractivity contribution in [1.82, 2.24) is 5.32 Å². The van der Waals surface area contributed by atoms with Gasteiger partial charge < -0.3 is 25.8 Å². The Bertz CT molecular complexity index is 558. The van der Waals surface area contributed by atoms with Gasteiger partial charge in [-0.1, -0.05) is 0 Å². The summed E-state index contributed by atoms with van der Waals surface area (Å²) in [5, 5.41) is 12.9. The SMILES string of the molecule is CNC(=O)c1c(N2CCCC(O)C2)sc(C(=O)OC)c1N. The molecule has 0 radical (unpaired) electrons. The molecule has 1 saturated heterocycles. The Labute approximate surface area is 126 Å². The van der Waals surface area contributed by atoms with Gasteiger partial charge in [0.2, 0.25) is 0 Å². The van der Waals surface area contributed by atoms with Gasteiger partial charge in [0.25, 0.3) is 5.91 Å². The minimum Gasteiger partial charge on any atom is -0.465 e. The van der Waals surface area contributed by atoms with Crippen LogP contribution in [-0.2, 0) is 4.74 Å². The number of carbonyl (C=O) groups excluding carboxylic acids is 2. The quantitative estimate of drug-likeness (QED) is 0.699. The molecule has 4 N–H and O–H groups in total. The number of nitrogen functional groups attached to an aromatic ring is 1. The summed E-state index contributed by atoms with van der Waals surface area (Å²) < 4.78 is 4.70. The van der Waals surface area contributed by atoms with E-state index < -0.39 is 12.1 Å². The highest BCUT2D eigenvalue weighted by atomic mass is 32.1. The molecule has 0 spiro atoms. The number of β-amino-alcohol motifs (C(OH)–C–C–N with tert-alkyl or cyclic N) is 1. The third kappa shape index (κ3) is 2.96. The first kappa shape index (κ1) is 15.6. The van der Waals surface area contributed by atoms with E-state index in [1.165, 1.54) is 14.2 Å². The van der Waals surface area contributed by atoms with Crippen LogP contribution in [0.1, 0.15) is 32.9 Å². The van der Waals surface area contributed by atoms with Crippen LogP contribution in [0, 0.1) is 0 Å². The molecule has 7 nitrogen and oxygen atoms in total. The fraction of sp³-hybridized carbons (Fsp3) is 0.538.